The molecular formula is C24H23ClN2O6. The van der Waals surface area contributed by atoms with Crippen molar-refractivity contribution in [1.29, 1.82) is 0 Å². The van der Waals surface area contributed by atoms with Gasteiger partial charge in [0.15, 0.2) is 0 Å². The molecule has 0 bridgehead atoms. The van der Waals surface area contributed by atoms with Crippen molar-refractivity contribution in [3.05, 3.63) is 70.4 Å². The summed E-state index contributed by atoms with van der Waals surface area (Å²) in [5.74, 6) is -2.26. The van der Waals surface area contributed by atoms with Gasteiger partial charge < -0.3 is 14.8 Å². The number of esters is 2. The lowest BCUT2D eigenvalue weighted by molar-refractivity contribution is -0.120. The molecule has 1 aliphatic heterocycles. The number of anilines is 2. The SMILES string of the molecule is CCCOC(=O)c1ccc(NC2=C(Cl)C(=O)N(c3ccc(C(=O)OCCC)cc3)C2=O)cc1. The molecule has 2 amide bonds. The van der Waals surface area contributed by atoms with E-state index in [2.05, 4.69) is 5.32 Å². The van der Waals surface area contributed by atoms with Gasteiger partial charge in [-0.2, -0.15) is 0 Å². The van der Waals surface area contributed by atoms with Gasteiger partial charge in [0, 0.05) is 5.69 Å². The molecule has 1 heterocycles. The van der Waals surface area contributed by atoms with E-state index in [1.165, 1.54) is 24.3 Å². The molecule has 0 radical (unpaired) electrons. The van der Waals surface area contributed by atoms with Gasteiger partial charge in [-0.3, -0.25) is 9.59 Å². The van der Waals surface area contributed by atoms with E-state index < -0.39 is 23.8 Å². The second-order valence-electron chi connectivity index (χ2n) is 7.16. The molecule has 0 aliphatic carbocycles. The van der Waals surface area contributed by atoms with Crippen LogP contribution >= 0.6 is 11.6 Å². The zero-order valence-electron chi connectivity index (χ0n) is 18.2. The Morgan fingerprint density at radius 2 is 1.30 bits per heavy atom. The maximum atomic E-state index is 12.9. The van der Waals surface area contributed by atoms with Gasteiger partial charge in [0.1, 0.15) is 10.7 Å². The Kier molecular flexibility index (Phi) is 7.84. The Morgan fingerprint density at radius 1 is 0.818 bits per heavy atom. The first-order valence-electron chi connectivity index (χ1n) is 10.5. The molecule has 0 atom stereocenters. The molecule has 2 aromatic rings. The number of rotatable bonds is 9. The third-order valence-corrected chi connectivity index (χ3v) is 5.00. The summed E-state index contributed by atoms with van der Waals surface area (Å²) in [6.07, 6.45) is 1.42. The molecule has 2 aromatic carbocycles. The number of carbonyl (C=O) groups is 4. The lowest BCUT2D eigenvalue weighted by Gasteiger charge is -2.15. The number of amides is 2. The summed E-state index contributed by atoms with van der Waals surface area (Å²) in [4.78, 5) is 50.4. The van der Waals surface area contributed by atoms with Crippen LogP contribution in [0.25, 0.3) is 0 Å². The van der Waals surface area contributed by atoms with Crippen LogP contribution < -0.4 is 10.2 Å². The number of imide groups is 1. The van der Waals surface area contributed by atoms with Gasteiger partial charge in [-0.25, -0.2) is 14.5 Å². The first-order valence-corrected chi connectivity index (χ1v) is 10.8. The molecule has 9 heteroatoms. The Labute approximate surface area is 196 Å². The molecular weight excluding hydrogens is 448 g/mol. The number of nitrogens with zero attached hydrogens (tertiary/aromatic N) is 1. The van der Waals surface area contributed by atoms with Crippen molar-refractivity contribution in [3.63, 3.8) is 0 Å². The number of carbonyl (C=O) groups excluding carboxylic acids is 4. The highest BCUT2D eigenvalue weighted by atomic mass is 35.5. The third kappa shape index (κ3) is 5.40. The van der Waals surface area contributed by atoms with Gasteiger partial charge in [0.2, 0.25) is 0 Å². The summed E-state index contributed by atoms with van der Waals surface area (Å²) in [6.45, 7) is 4.42. The van der Waals surface area contributed by atoms with Crippen LogP contribution in [0.4, 0.5) is 11.4 Å². The summed E-state index contributed by atoms with van der Waals surface area (Å²) in [5.41, 5.74) is 1.31. The molecule has 0 saturated heterocycles. The second kappa shape index (κ2) is 10.8. The fraction of sp³-hybridized carbons (Fsp3) is 0.250. The Hall–Kier alpha value is -3.65. The normalized spacial score (nSPS) is 13.4. The van der Waals surface area contributed by atoms with Crippen LogP contribution in [0, 0.1) is 0 Å². The lowest BCUT2D eigenvalue weighted by Crippen LogP contribution is -2.32. The van der Waals surface area contributed by atoms with Crippen molar-refractivity contribution in [2.75, 3.05) is 23.4 Å². The standard InChI is InChI=1S/C24H23ClN2O6/c1-3-13-32-23(30)15-5-9-17(10-6-15)26-20-19(25)21(28)27(22(20)29)18-11-7-16(8-12-18)24(31)33-14-4-2/h5-12,26H,3-4,13-14H2,1-2H3. The summed E-state index contributed by atoms with van der Waals surface area (Å²) < 4.78 is 10.2. The van der Waals surface area contributed by atoms with Gasteiger partial charge in [0.05, 0.1) is 30.0 Å². The fourth-order valence-electron chi connectivity index (χ4n) is 2.98. The smallest absolute Gasteiger partial charge is 0.338 e. The minimum absolute atomic E-state index is 0.0885. The van der Waals surface area contributed by atoms with Gasteiger partial charge in [0.25, 0.3) is 11.8 Å². The van der Waals surface area contributed by atoms with E-state index in [9.17, 15) is 19.2 Å². The van der Waals surface area contributed by atoms with Crippen molar-refractivity contribution in [2.45, 2.75) is 26.7 Å². The zero-order chi connectivity index (χ0) is 24.0. The lowest BCUT2D eigenvalue weighted by atomic mass is 10.2. The highest BCUT2D eigenvalue weighted by molar-refractivity contribution is 6.53. The van der Waals surface area contributed by atoms with Crippen molar-refractivity contribution in [1.82, 2.24) is 0 Å². The summed E-state index contributed by atoms with van der Waals surface area (Å²) >= 11 is 6.15. The van der Waals surface area contributed by atoms with Crippen LogP contribution in [-0.2, 0) is 19.1 Å². The summed E-state index contributed by atoms with van der Waals surface area (Å²) in [7, 11) is 0. The van der Waals surface area contributed by atoms with Crippen molar-refractivity contribution >= 4 is 46.7 Å². The first-order chi connectivity index (χ1) is 15.9. The predicted molar refractivity (Wildman–Crippen MR) is 123 cm³/mol. The van der Waals surface area contributed by atoms with Gasteiger partial charge in [-0.05, 0) is 61.4 Å². The molecule has 0 spiro atoms. The highest BCUT2D eigenvalue weighted by Crippen LogP contribution is 2.30. The average Bonchev–Trinajstić information content (AvgIpc) is 3.04. The van der Waals surface area contributed by atoms with Crippen molar-refractivity contribution in [2.24, 2.45) is 0 Å². The summed E-state index contributed by atoms with van der Waals surface area (Å²) in [5, 5.41) is 2.58. The summed E-state index contributed by atoms with van der Waals surface area (Å²) in [6, 6.07) is 12.2. The maximum Gasteiger partial charge on any atom is 0.338 e. The molecule has 0 saturated carbocycles. The molecule has 0 fully saturated rings. The topological polar surface area (TPSA) is 102 Å². The maximum absolute atomic E-state index is 12.9. The second-order valence-corrected chi connectivity index (χ2v) is 7.53. The van der Waals surface area contributed by atoms with E-state index >= 15 is 0 Å². The number of hydrogen-bond acceptors (Lipinski definition) is 7. The number of halogens is 1. The minimum Gasteiger partial charge on any atom is -0.462 e. The number of nitrogens with one attached hydrogen (secondary N) is 1. The fourth-order valence-corrected chi connectivity index (χ4v) is 3.20. The van der Waals surface area contributed by atoms with Crippen LogP contribution in [0.5, 0.6) is 0 Å². The van der Waals surface area contributed by atoms with Crippen LogP contribution in [0.2, 0.25) is 0 Å². The van der Waals surface area contributed by atoms with Crippen molar-refractivity contribution < 1.29 is 28.7 Å². The monoisotopic (exact) mass is 470 g/mol. The van der Waals surface area contributed by atoms with Gasteiger partial charge in [-0.15, -0.1) is 0 Å². The van der Waals surface area contributed by atoms with Crippen LogP contribution in [0.1, 0.15) is 47.4 Å². The number of benzene rings is 2. The zero-order valence-corrected chi connectivity index (χ0v) is 19.0. The van der Waals surface area contributed by atoms with Gasteiger partial charge in [-0.1, -0.05) is 25.4 Å². The molecule has 1 aliphatic rings. The van der Waals surface area contributed by atoms with Gasteiger partial charge >= 0.3 is 11.9 Å². The molecule has 8 nitrogen and oxygen atoms in total. The Morgan fingerprint density at radius 3 is 1.79 bits per heavy atom. The predicted octanol–water partition coefficient (Wildman–Crippen LogP) is 4.26. The Balaban J connectivity index is 1.72. The molecule has 172 valence electrons. The Bertz CT molecular complexity index is 1090. The highest BCUT2D eigenvalue weighted by Gasteiger charge is 2.39. The minimum atomic E-state index is -0.690. The van der Waals surface area contributed by atoms with E-state index in [0.29, 0.717) is 36.4 Å². The van der Waals surface area contributed by atoms with E-state index in [-0.39, 0.29) is 16.4 Å². The first kappa shape index (κ1) is 24.0. The third-order valence-electron chi connectivity index (χ3n) is 4.65. The van der Waals surface area contributed by atoms with E-state index in [1.807, 2.05) is 13.8 Å². The number of ether oxygens (including phenoxy) is 2. The van der Waals surface area contributed by atoms with Crippen molar-refractivity contribution in [3.8, 4) is 0 Å². The molecule has 3 rings (SSSR count). The van der Waals surface area contributed by atoms with E-state index in [4.69, 9.17) is 21.1 Å². The van der Waals surface area contributed by atoms with Crippen LogP contribution in [-0.4, -0.2) is 37.0 Å². The van der Waals surface area contributed by atoms with Crippen LogP contribution in [0.15, 0.2) is 59.3 Å². The van der Waals surface area contributed by atoms with E-state index in [1.54, 1.807) is 24.3 Å². The largest absolute Gasteiger partial charge is 0.462 e. The van der Waals surface area contributed by atoms with E-state index in [0.717, 1.165) is 11.3 Å². The molecule has 0 aromatic heterocycles. The number of hydrogen-bond donors (Lipinski definition) is 1. The van der Waals surface area contributed by atoms with Crippen LogP contribution in [0.3, 0.4) is 0 Å². The molecule has 1 N–H and O–H groups in total. The average molecular weight is 471 g/mol. The molecule has 33 heavy (non-hydrogen) atoms. The molecule has 0 unspecified atom stereocenters. The quantitative estimate of drug-likeness (QED) is 0.431.